The van der Waals surface area contributed by atoms with Gasteiger partial charge in [-0.05, 0) is 12.1 Å². The minimum Gasteiger partial charge on any atom is -0.505 e. The van der Waals surface area contributed by atoms with E-state index in [1.54, 1.807) is 0 Å². The molecular formula is C14H11N3O6. The van der Waals surface area contributed by atoms with Crippen molar-refractivity contribution in [2.45, 2.75) is 0 Å². The molecule has 0 saturated heterocycles. The van der Waals surface area contributed by atoms with Gasteiger partial charge in [0.1, 0.15) is 17.2 Å². The van der Waals surface area contributed by atoms with Crippen LogP contribution in [0.5, 0.6) is 23.0 Å². The number of nitro benzene ring substituents is 1. The normalized spacial score (nSPS) is 12.6. The van der Waals surface area contributed by atoms with Gasteiger partial charge in [-0.3, -0.25) is 10.1 Å². The number of nitro groups is 1. The van der Waals surface area contributed by atoms with Crippen molar-refractivity contribution in [2.24, 2.45) is 10.2 Å². The summed E-state index contributed by atoms with van der Waals surface area (Å²) >= 11 is 0. The molecule has 1 aliphatic rings. The maximum atomic E-state index is 11.1. The molecule has 0 saturated carbocycles. The average molecular weight is 317 g/mol. The number of hydrogen-bond acceptors (Lipinski definition) is 8. The first-order valence-electron chi connectivity index (χ1n) is 6.45. The molecule has 0 atom stereocenters. The molecule has 0 fully saturated rings. The first kappa shape index (κ1) is 14.6. The Labute approximate surface area is 129 Å². The van der Waals surface area contributed by atoms with Crippen LogP contribution in [-0.2, 0) is 0 Å². The summed E-state index contributed by atoms with van der Waals surface area (Å²) in [6.45, 7) is 0.0549. The second-order valence-corrected chi connectivity index (χ2v) is 4.51. The first-order chi connectivity index (χ1) is 11.1. The molecule has 1 heterocycles. The average Bonchev–Trinajstić information content (AvgIpc) is 2.99. The van der Waals surface area contributed by atoms with Crippen molar-refractivity contribution in [3.8, 4) is 23.0 Å². The number of azo groups is 1. The predicted molar refractivity (Wildman–Crippen MR) is 78.1 cm³/mol. The molecule has 0 spiro atoms. The topological polar surface area (TPSA) is 116 Å². The van der Waals surface area contributed by atoms with E-state index in [1.807, 2.05) is 0 Å². The summed E-state index contributed by atoms with van der Waals surface area (Å²) in [6, 6.07) is 6.97. The molecule has 1 aliphatic heterocycles. The van der Waals surface area contributed by atoms with Gasteiger partial charge < -0.3 is 19.3 Å². The zero-order valence-corrected chi connectivity index (χ0v) is 11.9. The summed E-state index contributed by atoms with van der Waals surface area (Å²) in [5.41, 5.74) is -0.111. The van der Waals surface area contributed by atoms with Gasteiger partial charge in [-0.1, -0.05) is 0 Å². The molecule has 23 heavy (non-hydrogen) atoms. The van der Waals surface area contributed by atoms with E-state index in [0.29, 0.717) is 17.2 Å². The van der Waals surface area contributed by atoms with Crippen LogP contribution in [-0.4, -0.2) is 23.9 Å². The molecule has 9 nitrogen and oxygen atoms in total. The lowest BCUT2D eigenvalue weighted by Crippen LogP contribution is -1.92. The first-order valence-corrected chi connectivity index (χ1v) is 6.45. The number of benzene rings is 2. The third-order valence-electron chi connectivity index (χ3n) is 3.11. The molecule has 118 valence electrons. The Kier molecular flexibility index (Phi) is 3.67. The van der Waals surface area contributed by atoms with Crippen LogP contribution >= 0.6 is 0 Å². The van der Waals surface area contributed by atoms with E-state index in [-0.39, 0.29) is 29.6 Å². The quantitative estimate of drug-likeness (QED) is 0.524. The van der Waals surface area contributed by atoms with E-state index in [9.17, 15) is 15.2 Å². The van der Waals surface area contributed by atoms with Crippen LogP contribution in [0.4, 0.5) is 17.1 Å². The van der Waals surface area contributed by atoms with Crippen LogP contribution in [0.25, 0.3) is 0 Å². The number of ether oxygens (including phenoxy) is 3. The summed E-state index contributed by atoms with van der Waals surface area (Å²) in [5.74, 6) is 0.980. The van der Waals surface area contributed by atoms with Gasteiger partial charge in [0, 0.05) is 12.1 Å². The molecule has 1 N–H and O–H groups in total. The summed E-state index contributed by atoms with van der Waals surface area (Å²) in [4.78, 5) is 10.5. The fraction of sp³-hybridized carbons (Fsp3) is 0.143. The molecule has 0 bridgehead atoms. The second-order valence-electron chi connectivity index (χ2n) is 4.51. The minimum absolute atomic E-state index is 0.0351. The van der Waals surface area contributed by atoms with Gasteiger partial charge in [0.05, 0.1) is 18.1 Å². The Balaban J connectivity index is 1.96. The van der Waals surface area contributed by atoms with Crippen molar-refractivity contribution in [3.63, 3.8) is 0 Å². The Morgan fingerprint density at radius 1 is 1.17 bits per heavy atom. The van der Waals surface area contributed by atoms with Crippen molar-refractivity contribution in [1.29, 1.82) is 0 Å². The maximum Gasteiger partial charge on any atom is 0.300 e. The van der Waals surface area contributed by atoms with Gasteiger partial charge in [-0.15, -0.1) is 10.2 Å². The van der Waals surface area contributed by atoms with Crippen molar-refractivity contribution in [2.75, 3.05) is 13.9 Å². The lowest BCUT2D eigenvalue weighted by Gasteiger charge is -2.02. The van der Waals surface area contributed by atoms with E-state index in [1.165, 1.54) is 37.4 Å². The number of methoxy groups -OCH3 is 1. The summed E-state index contributed by atoms with van der Waals surface area (Å²) < 4.78 is 15.2. The largest absolute Gasteiger partial charge is 0.505 e. The van der Waals surface area contributed by atoms with Crippen LogP contribution in [0.15, 0.2) is 40.6 Å². The number of fused-ring (bicyclic) bond motifs is 1. The molecule has 2 aromatic rings. The molecule has 9 heteroatoms. The minimum atomic E-state index is -0.587. The molecule has 0 aromatic heterocycles. The third-order valence-corrected chi connectivity index (χ3v) is 3.11. The van der Waals surface area contributed by atoms with E-state index in [0.717, 1.165) is 0 Å². The maximum absolute atomic E-state index is 11.1. The summed E-state index contributed by atoms with van der Waals surface area (Å²) in [6.07, 6.45) is 0. The summed E-state index contributed by atoms with van der Waals surface area (Å²) in [7, 11) is 1.41. The molecule has 2 aromatic carbocycles. The van der Waals surface area contributed by atoms with Crippen molar-refractivity contribution >= 4 is 17.1 Å². The lowest BCUT2D eigenvalue weighted by molar-refractivity contribution is -0.384. The molecule has 3 rings (SSSR count). The number of aromatic hydroxyl groups is 1. The zero-order valence-electron chi connectivity index (χ0n) is 11.9. The Bertz CT molecular complexity index is 805. The number of phenols is 1. The highest BCUT2D eigenvalue weighted by atomic mass is 16.7. The molecule has 0 aliphatic carbocycles. The highest BCUT2D eigenvalue weighted by Crippen LogP contribution is 2.42. The molecular weight excluding hydrogens is 306 g/mol. The van der Waals surface area contributed by atoms with E-state index in [4.69, 9.17) is 14.2 Å². The number of rotatable bonds is 4. The van der Waals surface area contributed by atoms with Gasteiger partial charge in [0.2, 0.25) is 6.79 Å². The smallest absolute Gasteiger partial charge is 0.300 e. The van der Waals surface area contributed by atoms with Crippen LogP contribution in [0, 0.1) is 10.1 Å². The highest BCUT2D eigenvalue weighted by Gasteiger charge is 2.18. The van der Waals surface area contributed by atoms with E-state index < -0.39 is 4.92 Å². The van der Waals surface area contributed by atoms with E-state index in [2.05, 4.69) is 10.2 Å². The number of phenolic OH excluding ortho intramolecular Hbond substituents is 1. The lowest BCUT2D eigenvalue weighted by atomic mass is 10.2. The summed E-state index contributed by atoms with van der Waals surface area (Å²) in [5, 5.41) is 28.6. The Hall–Kier alpha value is -3.36. The molecule has 0 amide bonds. The monoisotopic (exact) mass is 317 g/mol. The van der Waals surface area contributed by atoms with Crippen LogP contribution in [0.2, 0.25) is 0 Å². The number of hydrogen-bond donors (Lipinski definition) is 1. The van der Waals surface area contributed by atoms with Gasteiger partial charge in [0.15, 0.2) is 17.2 Å². The van der Waals surface area contributed by atoms with Crippen LogP contribution in [0.1, 0.15) is 0 Å². The third kappa shape index (κ3) is 2.84. The van der Waals surface area contributed by atoms with Gasteiger partial charge in [0.25, 0.3) is 5.69 Å². The van der Waals surface area contributed by atoms with Crippen molar-refractivity contribution in [1.82, 2.24) is 0 Å². The van der Waals surface area contributed by atoms with Crippen molar-refractivity contribution < 1.29 is 24.2 Å². The van der Waals surface area contributed by atoms with Crippen LogP contribution < -0.4 is 14.2 Å². The van der Waals surface area contributed by atoms with Gasteiger partial charge >= 0.3 is 0 Å². The fourth-order valence-electron chi connectivity index (χ4n) is 1.97. The number of nitrogens with zero attached hydrogens (tertiary/aromatic N) is 3. The second kappa shape index (κ2) is 5.79. The van der Waals surface area contributed by atoms with Crippen LogP contribution in [0.3, 0.4) is 0 Å². The molecule has 0 radical (unpaired) electrons. The zero-order chi connectivity index (χ0) is 16.4. The SMILES string of the molecule is COc1ccc(N=Nc2cc3c(cc2O)OCO3)c([N+](=O)[O-])c1. The van der Waals surface area contributed by atoms with Gasteiger partial charge in [-0.25, -0.2) is 0 Å². The fourth-order valence-corrected chi connectivity index (χ4v) is 1.97. The van der Waals surface area contributed by atoms with Gasteiger partial charge in [-0.2, -0.15) is 0 Å². The Morgan fingerprint density at radius 2 is 1.87 bits per heavy atom. The van der Waals surface area contributed by atoms with Crippen molar-refractivity contribution in [3.05, 3.63) is 40.4 Å². The molecule has 0 unspecified atom stereocenters. The van der Waals surface area contributed by atoms with E-state index >= 15 is 0 Å². The Morgan fingerprint density at radius 3 is 2.57 bits per heavy atom. The highest BCUT2D eigenvalue weighted by molar-refractivity contribution is 5.63. The standard InChI is InChI=1S/C14H11N3O6/c1-21-8-2-3-9(11(4-8)17(19)20)15-16-10-5-13-14(6-12(10)18)23-7-22-13/h2-6,18H,7H2,1H3. The predicted octanol–water partition coefficient (Wildman–Crippen LogP) is 3.45.